The Morgan fingerprint density at radius 1 is 1.12 bits per heavy atom. The minimum Gasteiger partial charge on any atom is -0.369 e. The second-order valence-corrected chi connectivity index (χ2v) is 8.86. The SMILES string of the molecule is Cc1noc(C)c1C(=O)N1CCN(Cc2nc(NCCCN(C)C)c3ccccc3n2)CC1. The van der Waals surface area contributed by atoms with Crippen LogP contribution in [0.4, 0.5) is 5.82 Å². The molecule has 1 N–H and O–H groups in total. The largest absolute Gasteiger partial charge is 0.369 e. The first-order valence-electron chi connectivity index (χ1n) is 11.5. The van der Waals surface area contributed by atoms with Crippen LogP contribution in [-0.4, -0.2) is 89.1 Å². The van der Waals surface area contributed by atoms with Crippen molar-refractivity contribution in [1.82, 2.24) is 29.8 Å². The van der Waals surface area contributed by atoms with Crippen LogP contribution in [0.2, 0.25) is 0 Å². The van der Waals surface area contributed by atoms with Crippen LogP contribution in [0.1, 0.15) is 34.1 Å². The average Bonchev–Trinajstić information content (AvgIpc) is 3.14. The molecule has 0 aliphatic carbocycles. The molecule has 3 aromatic rings. The minimum absolute atomic E-state index is 0.00272. The van der Waals surface area contributed by atoms with Crippen molar-refractivity contribution < 1.29 is 9.32 Å². The van der Waals surface area contributed by atoms with E-state index in [1.54, 1.807) is 6.92 Å². The quantitative estimate of drug-likeness (QED) is 0.523. The molecule has 9 nitrogen and oxygen atoms in total. The fraction of sp³-hybridized carbons (Fsp3) is 0.500. The van der Waals surface area contributed by atoms with E-state index in [4.69, 9.17) is 14.5 Å². The molecule has 0 atom stereocenters. The molecule has 0 bridgehead atoms. The van der Waals surface area contributed by atoms with Gasteiger partial charge in [-0.2, -0.15) is 0 Å². The molecule has 1 aromatic carbocycles. The van der Waals surface area contributed by atoms with Gasteiger partial charge in [0.2, 0.25) is 0 Å². The Balaban J connectivity index is 1.40. The Hall–Kier alpha value is -3.04. The zero-order chi connectivity index (χ0) is 23.4. The van der Waals surface area contributed by atoms with E-state index in [1.807, 2.05) is 30.0 Å². The number of carbonyl (C=O) groups is 1. The summed E-state index contributed by atoms with van der Waals surface area (Å²) >= 11 is 0. The van der Waals surface area contributed by atoms with Gasteiger partial charge in [-0.3, -0.25) is 9.69 Å². The number of para-hydroxylation sites is 1. The lowest BCUT2D eigenvalue weighted by atomic mass is 10.1. The van der Waals surface area contributed by atoms with Crippen LogP contribution in [0, 0.1) is 13.8 Å². The third-order valence-corrected chi connectivity index (χ3v) is 6.00. The monoisotopic (exact) mass is 451 g/mol. The van der Waals surface area contributed by atoms with Gasteiger partial charge in [-0.1, -0.05) is 17.3 Å². The number of fused-ring (bicyclic) bond motifs is 1. The van der Waals surface area contributed by atoms with Crippen LogP contribution in [0.5, 0.6) is 0 Å². The number of aryl methyl sites for hydroxylation is 2. The van der Waals surface area contributed by atoms with Crippen molar-refractivity contribution in [3.8, 4) is 0 Å². The first kappa shape index (κ1) is 23.1. The van der Waals surface area contributed by atoms with Gasteiger partial charge in [0.05, 0.1) is 17.8 Å². The van der Waals surface area contributed by atoms with Gasteiger partial charge >= 0.3 is 0 Å². The zero-order valence-electron chi connectivity index (χ0n) is 20.0. The number of hydrogen-bond acceptors (Lipinski definition) is 8. The van der Waals surface area contributed by atoms with Gasteiger partial charge in [0.15, 0.2) is 0 Å². The molecule has 1 fully saturated rings. The zero-order valence-corrected chi connectivity index (χ0v) is 20.0. The summed E-state index contributed by atoms with van der Waals surface area (Å²) in [6.07, 6.45) is 1.04. The highest BCUT2D eigenvalue weighted by Gasteiger charge is 2.27. The van der Waals surface area contributed by atoms with Crippen LogP contribution in [0.15, 0.2) is 28.8 Å². The average molecular weight is 452 g/mol. The fourth-order valence-corrected chi connectivity index (χ4v) is 4.19. The van der Waals surface area contributed by atoms with Gasteiger partial charge in [-0.05, 0) is 53.0 Å². The smallest absolute Gasteiger partial charge is 0.259 e. The molecule has 0 spiro atoms. The van der Waals surface area contributed by atoms with E-state index in [-0.39, 0.29) is 5.91 Å². The molecule has 0 unspecified atom stereocenters. The minimum atomic E-state index is -0.00272. The molecule has 33 heavy (non-hydrogen) atoms. The Kier molecular flexibility index (Phi) is 7.20. The number of hydrogen-bond donors (Lipinski definition) is 1. The maximum atomic E-state index is 12.9. The summed E-state index contributed by atoms with van der Waals surface area (Å²) in [4.78, 5) is 28.9. The van der Waals surface area contributed by atoms with Gasteiger partial charge in [0, 0.05) is 38.1 Å². The molecule has 1 amide bonds. The molecule has 9 heteroatoms. The van der Waals surface area contributed by atoms with Crippen molar-refractivity contribution in [2.45, 2.75) is 26.8 Å². The molecule has 3 heterocycles. The Morgan fingerprint density at radius 3 is 2.58 bits per heavy atom. The number of aromatic nitrogens is 3. The normalized spacial score (nSPS) is 14.9. The summed E-state index contributed by atoms with van der Waals surface area (Å²) in [5.41, 5.74) is 2.19. The van der Waals surface area contributed by atoms with Gasteiger partial charge in [0.1, 0.15) is 23.0 Å². The van der Waals surface area contributed by atoms with Crippen LogP contribution in [0.25, 0.3) is 10.9 Å². The van der Waals surface area contributed by atoms with E-state index in [2.05, 4.69) is 40.4 Å². The van der Waals surface area contributed by atoms with Gasteiger partial charge < -0.3 is 19.6 Å². The highest BCUT2D eigenvalue weighted by molar-refractivity contribution is 5.96. The van der Waals surface area contributed by atoms with Crippen molar-refractivity contribution in [3.05, 3.63) is 47.1 Å². The van der Waals surface area contributed by atoms with Crippen molar-refractivity contribution in [2.24, 2.45) is 0 Å². The van der Waals surface area contributed by atoms with Crippen molar-refractivity contribution >= 4 is 22.6 Å². The topological polar surface area (TPSA) is 90.6 Å². The molecule has 1 saturated heterocycles. The fourth-order valence-electron chi connectivity index (χ4n) is 4.19. The lowest BCUT2D eigenvalue weighted by Gasteiger charge is -2.34. The molecule has 0 saturated carbocycles. The third-order valence-electron chi connectivity index (χ3n) is 6.00. The summed E-state index contributed by atoms with van der Waals surface area (Å²) in [6.45, 7) is 9.01. The van der Waals surface area contributed by atoms with Crippen LogP contribution in [0.3, 0.4) is 0 Å². The third kappa shape index (κ3) is 5.48. The van der Waals surface area contributed by atoms with Crippen molar-refractivity contribution in [1.29, 1.82) is 0 Å². The molecular formula is C24H33N7O2. The molecule has 1 aliphatic heterocycles. The molecule has 176 valence electrons. The van der Waals surface area contributed by atoms with E-state index < -0.39 is 0 Å². The molecule has 2 aromatic heterocycles. The lowest BCUT2D eigenvalue weighted by Crippen LogP contribution is -2.48. The van der Waals surface area contributed by atoms with Gasteiger partial charge in [-0.25, -0.2) is 9.97 Å². The second-order valence-electron chi connectivity index (χ2n) is 8.86. The number of amides is 1. The van der Waals surface area contributed by atoms with Crippen LogP contribution in [-0.2, 0) is 6.54 Å². The number of benzene rings is 1. The van der Waals surface area contributed by atoms with Crippen molar-refractivity contribution in [3.63, 3.8) is 0 Å². The first-order chi connectivity index (χ1) is 15.9. The number of nitrogens with zero attached hydrogens (tertiary/aromatic N) is 6. The van der Waals surface area contributed by atoms with Crippen molar-refractivity contribution in [2.75, 3.05) is 58.7 Å². The first-order valence-corrected chi connectivity index (χ1v) is 11.5. The van der Waals surface area contributed by atoms with Crippen LogP contribution < -0.4 is 5.32 Å². The predicted octanol–water partition coefficient (Wildman–Crippen LogP) is 2.56. The highest BCUT2D eigenvalue weighted by Crippen LogP contribution is 2.21. The predicted molar refractivity (Wildman–Crippen MR) is 128 cm³/mol. The Bertz CT molecular complexity index is 1080. The highest BCUT2D eigenvalue weighted by atomic mass is 16.5. The number of piperazine rings is 1. The van der Waals surface area contributed by atoms with Gasteiger partial charge in [0.25, 0.3) is 5.91 Å². The number of anilines is 1. The molecule has 4 rings (SSSR count). The maximum absolute atomic E-state index is 12.9. The molecular weight excluding hydrogens is 418 g/mol. The summed E-state index contributed by atoms with van der Waals surface area (Å²) in [5, 5.41) is 8.46. The Morgan fingerprint density at radius 2 is 1.88 bits per heavy atom. The summed E-state index contributed by atoms with van der Waals surface area (Å²) in [6, 6.07) is 8.12. The summed E-state index contributed by atoms with van der Waals surface area (Å²) < 4.78 is 5.17. The van der Waals surface area contributed by atoms with Crippen LogP contribution >= 0.6 is 0 Å². The standard InChI is InChI=1S/C24H33N7O2/c1-17-22(18(2)33-28-17)24(32)31-14-12-30(13-15-31)16-21-26-20-9-6-5-8-19(20)23(27-21)25-10-7-11-29(3)4/h5-6,8-9H,7,10-16H2,1-4H3,(H,25,26,27). The van der Waals surface area contributed by atoms with E-state index in [1.165, 1.54) is 0 Å². The van der Waals surface area contributed by atoms with E-state index >= 15 is 0 Å². The second kappa shape index (κ2) is 10.3. The maximum Gasteiger partial charge on any atom is 0.259 e. The molecule has 1 aliphatic rings. The van der Waals surface area contributed by atoms with Gasteiger partial charge in [-0.15, -0.1) is 0 Å². The summed E-state index contributed by atoms with van der Waals surface area (Å²) in [5.74, 6) is 2.27. The Labute approximate surface area is 194 Å². The van der Waals surface area contributed by atoms with E-state index in [9.17, 15) is 4.79 Å². The lowest BCUT2D eigenvalue weighted by molar-refractivity contribution is 0.0623. The number of nitrogens with one attached hydrogen (secondary N) is 1. The number of rotatable bonds is 8. The van der Waals surface area contributed by atoms with E-state index in [0.29, 0.717) is 36.7 Å². The molecule has 0 radical (unpaired) electrons. The summed E-state index contributed by atoms with van der Waals surface area (Å²) in [7, 11) is 4.17. The van der Waals surface area contributed by atoms with E-state index in [0.717, 1.165) is 55.1 Å². The number of carbonyl (C=O) groups excluding carboxylic acids is 1.